The molecule has 2 amide bonds. The van der Waals surface area contributed by atoms with Gasteiger partial charge in [-0.05, 0) is 31.5 Å². The van der Waals surface area contributed by atoms with Gasteiger partial charge in [0.2, 0.25) is 5.91 Å². The van der Waals surface area contributed by atoms with Gasteiger partial charge in [0.25, 0.3) is 5.91 Å². The van der Waals surface area contributed by atoms with Crippen LogP contribution >= 0.6 is 0 Å². The number of hydrogen-bond acceptors (Lipinski definition) is 3. The van der Waals surface area contributed by atoms with Gasteiger partial charge < -0.3 is 5.11 Å². The highest BCUT2D eigenvalue weighted by atomic mass is 16.4. The number of hydrogen-bond donors (Lipinski definition) is 1. The second-order valence-electron chi connectivity index (χ2n) is 4.27. The van der Waals surface area contributed by atoms with Crippen molar-refractivity contribution in [2.45, 2.75) is 20.3 Å². The van der Waals surface area contributed by atoms with Gasteiger partial charge in [0.1, 0.15) is 12.3 Å². The van der Waals surface area contributed by atoms with E-state index in [0.29, 0.717) is 5.69 Å². The number of nitrogens with zero attached hydrogens (tertiary/aromatic N) is 2. The first-order chi connectivity index (χ1) is 8.90. The monoisotopic (exact) mass is 260 g/mol. The van der Waals surface area contributed by atoms with Crippen LogP contribution in [-0.4, -0.2) is 28.7 Å². The maximum absolute atomic E-state index is 11.9. The van der Waals surface area contributed by atoms with Gasteiger partial charge in [0, 0.05) is 0 Å². The van der Waals surface area contributed by atoms with Crippen LogP contribution in [0.2, 0.25) is 0 Å². The third-order valence-electron chi connectivity index (χ3n) is 2.86. The predicted molar refractivity (Wildman–Crippen MR) is 68.4 cm³/mol. The minimum absolute atomic E-state index is 0.0816. The summed E-state index contributed by atoms with van der Waals surface area (Å²) in [7, 11) is 0. The standard InChI is InChI=1S/C13H12N2O4/c1-7-3-4-9(13(18)19)5-10(7)15-8(2)14-11(16)6-12(15)17/h3-5H,6H2,1-2H3,(H,18,19). The largest absolute Gasteiger partial charge is 0.478 e. The Kier molecular flexibility index (Phi) is 3.16. The van der Waals surface area contributed by atoms with Crippen LogP contribution < -0.4 is 4.90 Å². The molecule has 6 nitrogen and oxygen atoms in total. The zero-order valence-corrected chi connectivity index (χ0v) is 10.5. The molecule has 1 N–H and O–H groups in total. The molecule has 2 rings (SSSR count). The van der Waals surface area contributed by atoms with Crippen LogP contribution in [0, 0.1) is 6.92 Å². The van der Waals surface area contributed by atoms with E-state index in [1.165, 1.54) is 17.0 Å². The number of anilines is 1. The second-order valence-corrected chi connectivity index (χ2v) is 4.27. The summed E-state index contributed by atoms with van der Waals surface area (Å²) in [5, 5.41) is 8.98. The Labute approximate surface area is 109 Å². The van der Waals surface area contributed by atoms with Crippen molar-refractivity contribution in [3.8, 4) is 0 Å². The molecule has 98 valence electrons. The van der Waals surface area contributed by atoms with E-state index in [1.54, 1.807) is 19.9 Å². The Balaban J connectivity index is 2.54. The average molecular weight is 260 g/mol. The highest BCUT2D eigenvalue weighted by molar-refractivity contribution is 6.26. The van der Waals surface area contributed by atoms with Gasteiger partial charge in [0.15, 0.2) is 0 Å². The van der Waals surface area contributed by atoms with Gasteiger partial charge in [-0.2, -0.15) is 4.99 Å². The Morgan fingerprint density at radius 3 is 2.58 bits per heavy atom. The number of carbonyl (C=O) groups is 3. The highest BCUT2D eigenvalue weighted by Crippen LogP contribution is 2.25. The van der Waals surface area contributed by atoms with E-state index >= 15 is 0 Å². The number of carboxylic acids is 1. The molecule has 0 saturated carbocycles. The first-order valence-electron chi connectivity index (χ1n) is 5.65. The number of aryl methyl sites for hydroxylation is 1. The van der Waals surface area contributed by atoms with Crippen molar-refractivity contribution in [1.82, 2.24) is 0 Å². The molecule has 0 radical (unpaired) electrons. The lowest BCUT2D eigenvalue weighted by Crippen LogP contribution is -2.41. The number of amides is 2. The Morgan fingerprint density at radius 2 is 2.00 bits per heavy atom. The summed E-state index contributed by atoms with van der Waals surface area (Å²) in [6.45, 7) is 3.31. The van der Waals surface area contributed by atoms with Crippen molar-refractivity contribution < 1.29 is 19.5 Å². The van der Waals surface area contributed by atoms with Crippen molar-refractivity contribution in [2.75, 3.05) is 4.90 Å². The van der Waals surface area contributed by atoms with E-state index < -0.39 is 17.8 Å². The Hall–Kier alpha value is -2.50. The van der Waals surface area contributed by atoms with Gasteiger partial charge in [-0.25, -0.2) is 4.79 Å². The molecule has 1 aromatic carbocycles. The van der Waals surface area contributed by atoms with Gasteiger partial charge in [0.05, 0.1) is 11.3 Å². The molecule has 1 aromatic rings. The van der Waals surface area contributed by atoms with Crippen LogP contribution in [-0.2, 0) is 9.59 Å². The fourth-order valence-corrected chi connectivity index (χ4v) is 1.95. The molecule has 0 saturated heterocycles. The van der Waals surface area contributed by atoms with Gasteiger partial charge in [-0.1, -0.05) is 6.07 Å². The predicted octanol–water partition coefficient (Wildman–Crippen LogP) is 1.37. The maximum atomic E-state index is 11.9. The van der Waals surface area contributed by atoms with Crippen molar-refractivity contribution in [1.29, 1.82) is 0 Å². The lowest BCUT2D eigenvalue weighted by molar-refractivity contribution is -0.126. The summed E-state index contributed by atoms with van der Waals surface area (Å²) in [4.78, 5) is 39.1. The average Bonchev–Trinajstić information content (AvgIpc) is 2.29. The van der Waals surface area contributed by atoms with Crippen LogP contribution in [0.5, 0.6) is 0 Å². The summed E-state index contributed by atoms with van der Waals surface area (Å²) in [5.41, 5.74) is 1.26. The summed E-state index contributed by atoms with van der Waals surface area (Å²) in [5.74, 6) is -1.70. The van der Waals surface area contributed by atoms with Crippen LogP contribution in [0.25, 0.3) is 0 Å². The number of aliphatic imine (C=N–C) groups is 1. The highest BCUT2D eigenvalue weighted by Gasteiger charge is 2.28. The van der Waals surface area contributed by atoms with E-state index in [1.807, 2.05) is 0 Å². The van der Waals surface area contributed by atoms with Gasteiger partial charge in [-0.3, -0.25) is 14.5 Å². The van der Waals surface area contributed by atoms with Gasteiger partial charge in [-0.15, -0.1) is 0 Å². The van der Waals surface area contributed by atoms with Crippen molar-refractivity contribution in [2.24, 2.45) is 4.99 Å². The summed E-state index contributed by atoms with van der Waals surface area (Å²) in [6, 6.07) is 4.49. The van der Waals surface area contributed by atoms with Crippen molar-refractivity contribution in [3.63, 3.8) is 0 Å². The summed E-state index contributed by atoms with van der Waals surface area (Å²) < 4.78 is 0. The summed E-state index contributed by atoms with van der Waals surface area (Å²) >= 11 is 0. The third kappa shape index (κ3) is 2.37. The Morgan fingerprint density at radius 1 is 1.32 bits per heavy atom. The van der Waals surface area contributed by atoms with E-state index in [2.05, 4.69) is 4.99 Å². The van der Waals surface area contributed by atoms with Crippen LogP contribution in [0.1, 0.15) is 29.3 Å². The van der Waals surface area contributed by atoms with E-state index in [9.17, 15) is 14.4 Å². The topological polar surface area (TPSA) is 87.0 Å². The lowest BCUT2D eigenvalue weighted by Gasteiger charge is -2.26. The maximum Gasteiger partial charge on any atom is 0.335 e. The van der Waals surface area contributed by atoms with Crippen molar-refractivity contribution >= 4 is 29.3 Å². The van der Waals surface area contributed by atoms with Crippen molar-refractivity contribution in [3.05, 3.63) is 29.3 Å². The number of amidine groups is 1. The lowest BCUT2D eigenvalue weighted by atomic mass is 10.1. The fourth-order valence-electron chi connectivity index (χ4n) is 1.95. The Bertz CT molecular complexity index is 619. The smallest absolute Gasteiger partial charge is 0.335 e. The molecule has 0 aromatic heterocycles. The molecular weight excluding hydrogens is 248 g/mol. The first-order valence-corrected chi connectivity index (χ1v) is 5.65. The number of rotatable bonds is 2. The zero-order chi connectivity index (χ0) is 14.2. The molecule has 0 unspecified atom stereocenters. The molecule has 0 bridgehead atoms. The number of aromatic carboxylic acids is 1. The number of benzene rings is 1. The molecule has 0 atom stereocenters. The summed E-state index contributed by atoms with van der Waals surface area (Å²) in [6.07, 6.45) is -0.298. The minimum atomic E-state index is -1.07. The second kappa shape index (κ2) is 4.64. The third-order valence-corrected chi connectivity index (χ3v) is 2.86. The molecule has 1 aliphatic heterocycles. The molecule has 0 aliphatic carbocycles. The van der Waals surface area contributed by atoms with Crippen LogP contribution in [0.3, 0.4) is 0 Å². The quantitative estimate of drug-likeness (QED) is 0.813. The van der Waals surface area contributed by atoms with Crippen LogP contribution in [0.15, 0.2) is 23.2 Å². The molecule has 19 heavy (non-hydrogen) atoms. The molecule has 6 heteroatoms. The van der Waals surface area contributed by atoms with Crippen LogP contribution in [0.4, 0.5) is 5.69 Å². The molecule has 1 aliphatic rings. The fraction of sp³-hybridized carbons (Fsp3) is 0.231. The van der Waals surface area contributed by atoms with E-state index in [4.69, 9.17) is 5.11 Å². The number of carboxylic acid groups (broad SMARTS) is 1. The minimum Gasteiger partial charge on any atom is -0.478 e. The SMILES string of the molecule is CC1=NC(=O)CC(=O)N1c1cc(C(=O)O)ccc1C. The van der Waals surface area contributed by atoms with Gasteiger partial charge >= 0.3 is 5.97 Å². The molecule has 0 fully saturated rings. The molecular formula is C13H12N2O4. The normalized spacial score (nSPS) is 15.5. The van der Waals surface area contributed by atoms with E-state index in [-0.39, 0.29) is 17.8 Å². The molecule has 1 heterocycles. The first kappa shape index (κ1) is 12.9. The van der Waals surface area contributed by atoms with E-state index in [0.717, 1.165) is 5.56 Å². The zero-order valence-electron chi connectivity index (χ0n) is 10.5. The molecule has 0 spiro atoms. The number of carbonyl (C=O) groups excluding carboxylic acids is 2.